The van der Waals surface area contributed by atoms with E-state index in [1.807, 2.05) is 72.1 Å². The molecular formula is C45H31N5S2. The van der Waals surface area contributed by atoms with Crippen molar-refractivity contribution in [2.45, 2.75) is 25.9 Å². The first-order valence-corrected chi connectivity index (χ1v) is 18.9. The van der Waals surface area contributed by atoms with E-state index < -0.39 is 6.29 Å². The Balaban J connectivity index is 1.14. The Bertz CT molecular complexity index is 2770. The Kier molecular flexibility index (Phi) is 7.48. The van der Waals surface area contributed by atoms with Crippen LogP contribution in [0, 0.1) is 5.41 Å². The Morgan fingerprint density at radius 1 is 0.596 bits per heavy atom. The molecule has 5 nitrogen and oxygen atoms in total. The summed E-state index contributed by atoms with van der Waals surface area (Å²) in [5, 5.41) is 20.7. The lowest BCUT2D eigenvalue weighted by molar-refractivity contribution is 0.507. The van der Waals surface area contributed by atoms with Crippen LogP contribution in [0.25, 0.3) is 49.4 Å². The molecule has 0 spiro atoms. The molecule has 1 atom stereocenters. The van der Waals surface area contributed by atoms with Crippen molar-refractivity contribution in [3.8, 4) is 11.1 Å². The maximum Gasteiger partial charge on any atom is 0.201 e. The van der Waals surface area contributed by atoms with E-state index in [1.54, 1.807) is 0 Å². The average Bonchev–Trinajstić information content (AvgIpc) is 3.55. The van der Waals surface area contributed by atoms with Crippen LogP contribution in [0.1, 0.15) is 11.9 Å². The van der Waals surface area contributed by atoms with E-state index in [4.69, 9.17) is 10.4 Å². The van der Waals surface area contributed by atoms with Gasteiger partial charge in [0.15, 0.2) is 0 Å². The SMILES string of the molecule is N=CC1=NC(n2c3ccc(-c4ccc5c(c4)Sc4ccccc4S5)cc3c3c4ccccc4ccc32)NC(c2ccccc2)=C1Nc1ccccc1. The maximum atomic E-state index is 8.55. The second kappa shape index (κ2) is 12.6. The number of para-hydroxylation sites is 1. The second-order valence-corrected chi connectivity index (χ2v) is 15.0. The third-order valence-electron chi connectivity index (χ3n) is 9.79. The topological polar surface area (TPSA) is 65.2 Å². The van der Waals surface area contributed by atoms with Crippen molar-refractivity contribution >= 4 is 79.4 Å². The largest absolute Gasteiger partial charge is 0.352 e. The molecule has 0 fully saturated rings. The highest BCUT2D eigenvalue weighted by Crippen LogP contribution is 2.49. The molecule has 1 aromatic heterocycles. The van der Waals surface area contributed by atoms with Gasteiger partial charge in [-0.25, -0.2) is 4.99 Å². The van der Waals surface area contributed by atoms with Crippen LogP contribution in [0.4, 0.5) is 5.69 Å². The first kappa shape index (κ1) is 30.8. The van der Waals surface area contributed by atoms with Gasteiger partial charge in [0.25, 0.3) is 0 Å². The normalized spacial score (nSPS) is 15.2. The van der Waals surface area contributed by atoms with Gasteiger partial charge in [-0.05, 0) is 82.1 Å². The summed E-state index contributed by atoms with van der Waals surface area (Å²) in [5.74, 6) is 0. The number of aromatic nitrogens is 1. The molecule has 0 radical (unpaired) electrons. The lowest BCUT2D eigenvalue weighted by Gasteiger charge is -2.30. The van der Waals surface area contributed by atoms with E-state index in [-0.39, 0.29) is 0 Å². The summed E-state index contributed by atoms with van der Waals surface area (Å²) in [6, 6.07) is 55.7. The summed E-state index contributed by atoms with van der Waals surface area (Å²) in [7, 11) is 0. The molecule has 52 heavy (non-hydrogen) atoms. The molecule has 1 unspecified atom stereocenters. The van der Waals surface area contributed by atoms with Crippen LogP contribution < -0.4 is 10.6 Å². The summed E-state index contributed by atoms with van der Waals surface area (Å²) in [4.78, 5) is 10.4. The quantitative estimate of drug-likeness (QED) is 0.151. The Morgan fingerprint density at radius 2 is 1.25 bits per heavy atom. The zero-order valence-corrected chi connectivity index (χ0v) is 29.5. The summed E-state index contributed by atoms with van der Waals surface area (Å²) >= 11 is 3.69. The van der Waals surface area contributed by atoms with Crippen LogP contribution >= 0.6 is 23.5 Å². The molecule has 0 bridgehead atoms. The fraction of sp³-hybridized carbons (Fsp3) is 0.0222. The molecule has 7 heteroatoms. The minimum atomic E-state index is -0.502. The average molecular weight is 706 g/mol. The number of nitrogens with zero attached hydrogens (tertiary/aromatic N) is 2. The number of nitrogens with one attached hydrogen (secondary N) is 3. The number of benzene rings is 7. The monoisotopic (exact) mass is 705 g/mol. The molecule has 0 saturated carbocycles. The van der Waals surface area contributed by atoms with Crippen molar-refractivity contribution in [1.82, 2.24) is 9.88 Å². The molecule has 8 aromatic rings. The molecule has 0 saturated heterocycles. The van der Waals surface area contributed by atoms with E-state index in [0.717, 1.165) is 33.7 Å². The van der Waals surface area contributed by atoms with Gasteiger partial charge in [0.2, 0.25) is 6.29 Å². The van der Waals surface area contributed by atoms with Gasteiger partial charge in [-0.1, -0.05) is 127 Å². The lowest BCUT2D eigenvalue weighted by Crippen LogP contribution is -2.34. The third-order valence-corrected chi connectivity index (χ3v) is 12.3. The maximum absolute atomic E-state index is 8.55. The third kappa shape index (κ3) is 5.20. The number of rotatable bonds is 6. The van der Waals surface area contributed by atoms with E-state index in [2.05, 4.69) is 124 Å². The highest BCUT2D eigenvalue weighted by Gasteiger charge is 2.28. The van der Waals surface area contributed by atoms with Crippen molar-refractivity contribution in [1.29, 1.82) is 5.41 Å². The fourth-order valence-corrected chi connectivity index (χ4v) is 9.64. The minimum absolute atomic E-state index is 0.502. The van der Waals surface area contributed by atoms with Crippen LogP contribution in [0.3, 0.4) is 0 Å². The van der Waals surface area contributed by atoms with Crippen LogP contribution in [-0.2, 0) is 0 Å². The number of aliphatic imine (C=N–C) groups is 1. The number of anilines is 1. The van der Waals surface area contributed by atoms with Crippen molar-refractivity contribution in [3.63, 3.8) is 0 Å². The molecule has 2 aliphatic heterocycles. The predicted molar refractivity (Wildman–Crippen MR) is 219 cm³/mol. The summed E-state index contributed by atoms with van der Waals surface area (Å²) < 4.78 is 2.29. The van der Waals surface area contributed by atoms with Gasteiger partial charge in [-0.3, -0.25) is 0 Å². The summed E-state index contributed by atoms with van der Waals surface area (Å²) in [6.07, 6.45) is 0.853. The lowest BCUT2D eigenvalue weighted by atomic mass is 10.00. The van der Waals surface area contributed by atoms with Crippen molar-refractivity contribution in [2.75, 3.05) is 5.32 Å². The molecule has 2 aliphatic rings. The molecule has 3 heterocycles. The van der Waals surface area contributed by atoms with Gasteiger partial charge in [0, 0.05) is 42.3 Å². The van der Waals surface area contributed by atoms with Gasteiger partial charge < -0.3 is 20.6 Å². The number of allylic oxidation sites excluding steroid dienone is 1. The summed E-state index contributed by atoms with van der Waals surface area (Å²) in [6.45, 7) is 0. The van der Waals surface area contributed by atoms with Gasteiger partial charge in [-0.2, -0.15) is 0 Å². The predicted octanol–water partition coefficient (Wildman–Crippen LogP) is 11.9. The Morgan fingerprint density at radius 3 is 2.06 bits per heavy atom. The molecule has 7 aromatic carbocycles. The standard InChI is InChI=1S/C45H31N5S2/c46-27-35-44(47-32-14-5-2-6-15-32)43(29-12-3-1-4-13-29)49-45(48-35)50-36-22-20-30(25-34(36)42-33-16-8-7-11-28(33)19-23-37(42)50)31-21-24-40-41(26-31)52-39-18-10-9-17-38(39)51-40/h1-27,45-47,49H. The smallest absolute Gasteiger partial charge is 0.201 e. The summed E-state index contributed by atoms with van der Waals surface area (Å²) in [5.41, 5.74) is 8.70. The van der Waals surface area contributed by atoms with Gasteiger partial charge in [0.05, 0.1) is 22.4 Å². The Hall–Kier alpha value is -6.02. The number of hydrogen-bond acceptors (Lipinski definition) is 6. The van der Waals surface area contributed by atoms with Crippen molar-refractivity contribution in [3.05, 3.63) is 169 Å². The molecule has 0 amide bonds. The first-order chi connectivity index (χ1) is 25.7. The van der Waals surface area contributed by atoms with Crippen LogP contribution in [0.2, 0.25) is 0 Å². The van der Waals surface area contributed by atoms with Crippen LogP contribution in [0.15, 0.2) is 188 Å². The van der Waals surface area contributed by atoms with Crippen LogP contribution in [-0.4, -0.2) is 16.5 Å². The first-order valence-electron chi connectivity index (χ1n) is 17.2. The van der Waals surface area contributed by atoms with E-state index >= 15 is 0 Å². The van der Waals surface area contributed by atoms with Gasteiger partial charge in [0.1, 0.15) is 5.71 Å². The van der Waals surface area contributed by atoms with E-state index in [0.29, 0.717) is 5.71 Å². The number of hydrogen-bond donors (Lipinski definition) is 3. The number of fused-ring (bicyclic) bond motifs is 7. The minimum Gasteiger partial charge on any atom is -0.352 e. The Labute approximate surface area is 309 Å². The molecule has 10 rings (SSSR count). The van der Waals surface area contributed by atoms with Gasteiger partial charge in [-0.15, -0.1) is 0 Å². The van der Waals surface area contributed by atoms with Gasteiger partial charge >= 0.3 is 0 Å². The zero-order valence-electron chi connectivity index (χ0n) is 27.9. The highest BCUT2D eigenvalue weighted by atomic mass is 32.2. The highest BCUT2D eigenvalue weighted by molar-refractivity contribution is 8.05. The second-order valence-electron chi connectivity index (χ2n) is 12.9. The molecule has 0 aliphatic carbocycles. The fourth-order valence-electron chi connectivity index (χ4n) is 7.38. The molecule has 248 valence electrons. The van der Waals surface area contributed by atoms with E-state index in [1.165, 1.54) is 58.5 Å². The van der Waals surface area contributed by atoms with Crippen molar-refractivity contribution < 1.29 is 0 Å². The molecule has 3 N–H and O–H groups in total. The van der Waals surface area contributed by atoms with Crippen LogP contribution in [0.5, 0.6) is 0 Å². The zero-order chi connectivity index (χ0) is 34.6. The molecular weight excluding hydrogens is 675 g/mol. The van der Waals surface area contributed by atoms with E-state index in [9.17, 15) is 0 Å². The van der Waals surface area contributed by atoms with Crippen molar-refractivity contribution in [2.24, 2.45) is 4.99 Å².